The third kappa shape index (κ3) is 4.88. The fourth-order valence-electron chi connectivity index (χ4n) is 5.38. The number of para-hydroxylation sites is 2. The summed E-state index contributed by atoms with van der Waals surface area (Å²) in [7, 11) is 0. The topological polar surface area (TPSA) is 47.4 Å². The minimum absolute atomic E-state index is 0.0806. The molecule has 186 valence electrons. The Hall–Kier alpha value is -3.60. The number of carbonyl (C=O) groups is 1. The zero-order valence-electron chi connectivity index (χ0n) is 21.8. The molecular formula is C31H35N3O2. The van der Waals surface area contributed by atoms with Gasteiger partial charge in [0.15, 0.2) is 0 Å². The molecule has 1 atom stereocenters. The summed E-state index contributed by atoms with van der Waals surface area (Å²) in [6, 6.07) is 20.9. The van der Waals surface area contributed by atoms with Gasteiger partial charge in [0.2, 0.25) is 5.91 Å². The van der Waals surface area contributed by atoms with E-state index in [2.05, 4.69) is 86.9 Å². The number of aryl methyl sites for hydroxylation is 5. The Balaban J connectivity index is 1.30. The molecule has 1 unspecified atom stereocenters. The van der Waals surface area contributed by atoms with Crippen LogP contribution in [0.3, 0.4) is 0 Å². The van der Waals surface area contributed by atoms with Gasteiger partial charge in [0, 0.05) is 31.1 Å². The third-order valence-electron chi connectivity index (χ3n) is 7.18. The van der Waals surface area contributed by atoms with Gasteiger partial charge < -0.3 is 14.2 Å². The van der Waals surface area contributed by atoms with E-state index in [4.69, 9.17) is 9.72 Å². The van der Waals surface area contributed by atoms with Crippen LogP contribution in [-0.4, -0.2) is 28.6 Å². The van der Waals surface area contributed by atoms with Crippen molar-refractivity contribution in [3.8, 4) is 5.75 Å². The van der Waals surface area contributed by atoms with Crippen molar-refractivity contribution in [2.75, 3.05) is 18.1 Å². The highest BCUT2D eigenvalue weighted by Gasteiger charge is 2.35. The molecule has 1 saturated heterocycles. The minimum Gasteiger partial charge on any atom is -0.493 e. The number of anilines is 1. The van der Waals surface area contributed by atoms with Crippen molar-refractivity contribution in [1.29, 1.82) is 0 Å². The summed E-state index contributed by atoms with van der Waals surface area (Å²) in [5.41, 5.74) is 7.93. The Morgan fingerprint density at radius 3 is 2.44 bits per heavy atom. The number of imidazole rings is 1. The number of amides is 1. The van der Waals surface area contributed by atoms with Crippen LogP contribution < -0.4 is 9.64 Å². The first-order valence-electron chi connectivity index (χ1n) is 12.9. The number of unbranched alkanes of at least 4 members (excludes halogenated alkanes) is 1. The summed E-state index contributed by atoms with van der Waals surface area (Å²) in [6.45, 7) is 10.6. The normalized spacial score (nSPS) is 15.7. The van der Waals surface area contributed by atoms with Crippen molar-refractivity contribution in [2.45, 2.75) is 59.4 Å². The molecule has 5 rings (SSSR count). The van der Waals surface area contributed by atoms with E-state index < -0.39 is 0 Å². The van der Waals surface area contributed by atoms with Crippen molar-refractivity contribution in [1.82, 2.24) is 9.55 Å². The number of hydrogen-bond donors (Lipinski definition) is 0. The lowest BCUT2D eigenvalue weighted by molar-refractivity contribution is -0.117. The van der Waals surface area contributed by atoms with Gasteiger partial charge in [0.1, 0.15) is 11.6 Å². The van der Waals surface area contributed by atoms with E-state index in [1.807, 2.05) is 11.0 Å². The van der Waals surface area contributed by atoms with Crippen LogP contribution in [0.25, 0.3) is 11.0 Å². The lowest BCUT2D eigenvalue weighted by Crippen LogP contribution is -2.25. The second-order valence-electron chi connectivity index (χ2n) is 10.1. The van der Waals surface area contributed by atoms with E-state index in [0.717, 1.165) is 53.2 Å². The summed E-state index contributed by atoms with van der Waals surface area (Å²) >= 11 is 0. The van der Waals surface area contributed by atoms with Crippen LogP contribution in [0.15, 0.2) is 60.7 Å². The minimum atomic E-state index is 0.0806. The molecule has 5 heteroatoms. The number of rotatable bonds is 8. The van der Waals surface area contributed by atoms with Gasteiger partial charge in [0.25, 0.3) is 0 Å². The lowest BCUT2D eigenvalue weighted by Gasteiger charge is -2.20. The van der Waals surface area contributed by atoms with Crippen molar-refractivity contribution in [2.24, 2.45) is 0 Å². The summed E-state index contributed by atoms with van der Waals surface area (Å²) < 4.78 is 8.38. The maximum Gasteiger partial charge on any atom is 0.227 e. The molecule has 3 aromatic carbocycles. The van der Waals surface area contributed by atoms with E-state index in [0.29, 0.717) is 19.6 Å². The zero-order chi connectivity index (χ0) is 25.2. The Morgan fingerprint density at radius 2 is 1.67 bits per heavy atom. The van der Waals surface area contributed by atoms with Crippen LogP contribution in [0.1, 0.15) is 53.3 Å². The van der Waals surface area contributed by atoms with Crippen molar-refractivity contribution >= 4 is 22.6 Å². The highest BCUT2D eigenvalue weighted by Crippen LogP contribution is 2.35. The molecule has 0 saturated carbocycles. The number of benzene rings is 3. The van der Waals surface area contributed by atoms with Crippen molar-refractivity contribution in [3.63, 3.8) is 0 Å². The van der Waals surface area contributed by atoms with Crippen LogP contribution >= 0.6 is 0 Å². The molecule has 1 fully saturated rings. The first-order valence-corrected chi connectivity index (χ1v) is 12.9. The van der Waals surface area contributed by atoms with Crippen molar-refractivity contribution < 1.29 is 9.53 Å². The van der Waals surface area contributed by atoms with Gasteiger partial charge >= 0.3 is 0 Å². The van der Waals surface area contributed by atoms with Gasteiger partial charge in [-0.3, -0.25) is 4.79 Å². The first kappa shape index (κ1) is 24.1. The molecule has 4 aromatic rings. The van der Waals surface area contributed by atoms with Gasteiger partial charge in [-0.1, -0.05) is 47.5 Å². The standard InChI is InChI=1S/C31H35N3O2/c1-21-11-13-27(23(3)17-21)34-20-25(19-30(34)35)31-32-26-9-5-6-10-28(26)33(31)15-7-8-16-36-29-14-12-22(2)18-24(29)4/h5-6,9-14,17-18,25H,7-8,15-16,19-20H2,1-4H3. The van der Waals surface area contributed by atoms with Crippen molar-refractivity contribution in [3.05, 3.63) is 88.7 Å². The summed E-state index contributed by atoms with van der Waals surface area (Å²) in [4.78, 5) is 20.0. The predicted molar refractivity (Wildman–Crippen MR) is 146 cm³/mol. The molecule has 0 aliphatic carbocycles. The second kappa shape index (κ2) is 10.2. The van der Waals surface area contributed by atoms with Crippen LogP contribution in [0, 0.1) is 27.7 Å². The van der Waals surface area contributed by atoms with E-state index in [-0.39, 0.29) is 11.8 Å². The van der Waals surface area contributed by atoms with Crippen LogP contribution in [0.2, 0.25) is 0 Å². The van der Waals surface area contributed by atoms with Gasteiger partial charge in [0.05, 0.1) is 17.6 Å². The summed E-state index contributed by atoms with van der Waals surface area (Å²) in [5.74, 6) is 2.24. The van der Waals surface area contributed by atoms with E-state index in [1.165, 1.54) is 16.7 Å². The maximum absolute atomic E-state index is 13.1. The molecule has 1 aliphatic rings. The number of hydrogen-bond acceptors (Lipinski definition) is 3. The molecule has 36 heavy (non-hydrogen) atoms. The fourth-order valence-corrected chi connectivity index (χ4v) is 5.38. The number of carbonyl (C=O) groups excluding carboxylic acids is 1. The first-order chi connectivity index (χ1) is 17.4. The van der Waals surface area contributed by atoms with E-state index >= 15 is 0 Å². The highest BCUT2D eigenvalue weighted by molar-refractivity contribution is 5.97. The molecule has 0 N–H and O–H groups in total. The lowest BCUT2D eigenvalue weighted by atomic mass is 10.1. The Bertz CT molecular complexity index is 1400. The molecule has 1 aliphatic heterocycles. The van der Waals surface area contributed by atoms with Crippen LogP contribution in [0.5, 0.6) is 5.75 Å². The second-order valence-corrected chi connectivity index (χ2v) is 10.1. The SMILES string of the molecule is Cc1ccc(OCCCCn2c(C3CC(=O)N(c4ccc(C)cc4C)C3)nc3ccccc32)c(C)c1. The Labute approximate surface area is 213 Å². The van der Waals surface area contributed by atoms with Crippen LogP contribution in [0.4, 0.5) is 5.69 Å². The van der Waals surface area contributed by atoms with Gasteiger partial charge in [-0.2, -0.15) is 0 Å². The maximum atomic E-state index is 13.1. The molecule has 1 amide bonds. The molecule has 0 spiro atoms. The summed E-state index contributed by atoms with van der Waals surface area (Å²) in [6.07, 6.45) is 2.43. The predicted octanol–water partition coefficient (Wildman–Crippen LogP) is 6.65. The Morgan fingerprint density at radius 1 is 0.917 bits per heavy atom. The average Bonchev–Trinajstić information content (AvgIpc) is 3.40. The third-order valence-corrected chi connectivity index (χ3v) is 7.18. The highest BCUT2D eigenvalue weighted by atomic mass is 16.5. The molecule has 0 bridgehead atoms. The molecular weight excluding hydrogens is 446 g/mol. The quantitative estimate of drug-likeness (QED) is 0.265. The zero-order valence-corrected chi connectivity index (χ0v) is 21.8. The molecule has 5 nitrogen and oxygen atoms in total. The van der Waals surface area contributed by atoms with Gasteiger partial charge in [-0.15, -0.1) is 0 Å². The number of fused-ring (bicyclic) bond motifs is 1. The molecule has 2 heterocycles. The Kier molecular flexibility index (Phi) is 6.82. The number of ether oxygens (including phenoxy) is 1. The summed E-state index contributed by atoms with van der Waals surface area (Å²) in [5, 5.41) is 0. The number of nitrogens with zero attached hydrogens (tertiary/aromatic N) is 3. The van der Waals surface area contributed by atoms with Gasteiger partial charge in [-0.25, -0.2) is 4.98 Å². The monoisotopic (exact) mass is 481 g/mol. The average molecular weight is 482 g/mol. The fraction of sp³-hybridized carbons (Fsp3) is 0.355. The van der Waals surface area contributed by atoms with Gasteiger partial charge in [-0.05, 0) is 75.9 Å². The van der Waals surface area contributed by atoms with E-state index in [1.54, 1.807) is 0 Å². The number of aromatic nitrogens is 2. The molecule has 0 radical (unpaired) electrons. The largest absolute Gasteiger partial charge is 0.493 e. The smallest absolute Gasteiger partial charge is 0.227 e. The van der Waals surface area contributed by atoms with Crippen LogP contribution in [-0.2, 0) is 11.3 Å². The van der Waals surface area contributed by atoms with E-state index in [9.17, 15) is 4.79 Å². The molecule has 1 aromatic heterocycles.